The highest BCUT2D eigenvalue weighted by Crippen LogP contribution is 2.32. The lowest BCUT2D eigenvalue weighted by atomic mass is 9.95. The van der Waals surface area contributed by atoms with Crippen molar-refractivity contribution in [2.75, 3.05) is 16.8 Å². The average molecular weight is 316 g/mol. The third-order valence-corrected chi connectivity index (χ3v) is 4.56. The Labute approximate surface area is 139 Å². The van der Waals surface area contributed by atoms with E-state index in [1.54, 1.807) is 4.90 Å². The Morgan fingerprint density at radius 2 is 1.96 bits per heavy atom. The fourth-order valence-electron chi connectivity index (χ4n) is 3.48. The molecule has 1 aliphatic carbocycles. The standard InChI is InChI=1S/C19H28N2O2/c1-19(2,3)23-18(22)21-12-11-14-13-16(9-10-17(14)21)20-15-7-5-4-6-8-15/h9-10,13,15,20H,4-8,11-12H2,1-3H3. The Morgan fingerprint density at radius 1 is 1.22 bits per heavy atom. The molecule has 0 unspecified atom stereocenters. The van der Waals surface area contributed by atoms with Crippen molar-refractivity contribution in [2.24, 2.45) is 0 Å². The largest absolute Gasteiger partial charge is 0.443 e. The minimum atomic E-state index is -0.456. The lowest BCUT2D eigenvalue weighted by Gasteiger charge is -2.25. The normalized spacial score (nSPS) is 18.7. The molecule has 1 heterocycles. The third kappa shape index (κ3) is 3.98. The maximum Gasteiger partial charge on any atom is 0.414 e. The summed E-state index contributed by atoms with van der Waals surface area (Å²) in [6.45, 7) is 6.41. The van der Waals surface area contributed by atoms with Crippen LogP contribution in [0, 0.1) is 0 Å². The van der Waals surface area contributed by atoms with Crippen LogP contribution < -0.4 is 10.2 Å². The van der Waals surface area contributed by atoms with E-state index in [4.69, 9.17) is 4.74 Å². The first-order chi connectivity index (χ1) is 10.9. The fraction of sp³-hybridized carbons (Fsp3) is 0.632. The second-order valence-electron chi connectivity index (χ2n) is 7.70. The topological polar surface area (TPSA) is 41.6 Å². The molecule has 0 saturated heterocycles. The number of nitrogens with one attached hydrogen (secondary N) is 1. The first-order valence-corrected chi connectivity index (χ1v) is 8.82. The van der Waals surface area contributed by atoms with Gasteiger partial charge in [0, 0.05) is 18.3 Å². The molecule has 0 atom stereocenters. The molecule has 0 aromatic heterocycles. The van der Waals surface area contributed by atoms with Gasteiger partial charge in [-0.25, -0.2) is 4.79 Å². The molecule has 1 aliphatic heterocycles. The number of rotatable bonds is 2. The van der Waals surface area contributed by atoms with Gasteiger partial charge in [-0.3, -0.25) is 4.90 Å². The molecule has 1 fully saturated rings. The molecule has 126 valence electrons. The van der Waals surface area contributed by atoms with Gasteiger partial charge in [-0.05, 0) is 63.8 Å². The molecule has 3 rings (SSSR count). The van der Waals surface area contributed by atoms with Crippen LogP contribution in [-0.2, 0) is 11.2 Å². The van der Waals surface area contributed by atoms with Gasteiger partial charge in [0.25, 0.3) is 0 Å². The van der Waals surface area contributed by atoms with E-state index in [9.17, 15) is 4.79 Å². The number of anilines is 2. The van der Waals surface area contributed by atoms with E-state index in [1.807, 2.05) is 20.8 Å². The molecular weight excluding hydrogens is 288 g/mol. The van der Waals surface area contributed by atoms with Crippen molar-refractivity contribution < 1.29 is 9.53 Å². The predicted octanol–water partition coefficient (Wildman–Crippen LogP) is 4.73. The van der Waals surface area contributed by atoms with Crippen molar-refractivity contribution >= 4 is 17.5 Å². The Balaban J connectivity index is 1.68. The maximum atomic E-state index is 12.3. The number of amides is 1. The molecule has 1 aromatic rings. The Morgan fingerprint density at radius 3 is 2.65 bits per heavy atom. The van der Waals surface area contributed by atoms with Gasteiger partial charge in [-0.15, -0.1) is 0 Å². The van der Waals surface area contributed by atoms with E-state index < -0.39 is 5.60 Å². The van der Waals surface area contributed by atoms with Crippen molar-refractivity contribution in [3.05, 3.63) is 23.8 Å². The number of benzene rings is 1. The number of nitrogens with zero attached hydrogens (tertiary/aromatic N) is 1. The van der Waals surface area contributed by atoms with Gasteiger partial charge < -0.3 is 10.1 Å². The molecule has 2 aliphatic rings. The number of fused-ring (bicyclic) bond motifs is 1. The van der Waals surface area contributed by atoms with Gasteiger partial charge in [-0.1, -0.05) is 19.3 Å². The summed E-state index contributed by atoms with van der Waals surface area (Å²) >= 11 is 0. The second kappa shape index (κ2) is 6.42. The summed E-state index contributed by atoms with van der Waals surface area (Å²) in [5, 5.41) is 3.66. The number of carbonyl (C=O) groups is 1. The highest BCUT2D eigenvalue weighted by Gasteiger charge is 2.29. The van der Waals surface area contributed by atoms with Crippen molar-refractivity contribution in [1.29, 1.82) is 0 Å². The maximum absolute atomic E-state index is 12.3. The molecule has 0 radical (unpaired) electrons. The van der Waals surface area contributed by atoms with Crippen molar-refractivity contribution in [2.45, 2.75) is 70.9 Å². The van der Waals surface area contributed by atoms with Gasteiger partial charge in [0.2, 0.25) is 0 Å². The highest BCUT2D eigenvalue weighted by atomic mass is 16.6. The summed E-state index contributed by atoms with van der Waals surface area (Å²) in [4.78, 5) is 14.1. The van der Waals surface area contributed by atoms with Crippen molar-refractivity contribution in [1.82, 2.24) is 0 Å². The first kappa shape index (κ1) is 16.2. The third-order valence-electron chi connectivity index (χ3n) is 4.56. The quantitative estimate of drug-likeness (QED) is 0.857. The summed E-state index contributed by atoms with van der Waals surface area (Å²) in [5.74, 6) is 0. The van der Waals surface area contributed by atoms with Crippen LogP contribution in [0.25, 0.3) is 0 Å². The molecule has 1 aromatic carbocycles. The number of carbonyl (C=O) groups excluding carboxylic acids is 1. The van der Waals surface area contributed by atoms with Crippen LogP contribution in [0.4, 0.5) is 16.2 Å². The number of hydrogen-bond donors (Lipinski definition) is 1. The van der Waals surface area contributed by atoms with E-state index in [2.05, 4.69) is 23.5 Å². The molecular formula is C19H28N2O2. The summed E-state index contributed by atoms with van der Waals surface area (Å²) in [5.41, 5.74) is 2.95. The predicted molar refractivity (Wildman–Crippen MR) is 94.2 cm³/mol. The van der Waals surface area contributed by atoms with Crippen LogP contribution in [-0.4, -0.2) is 24.3 Å². The van der Waals surface area contributed by atoms with E-state index in [0.29, 0.717) is 12.6 Å². The fourth-order valence-corrected chi connectivity index (χ4v) is 3.48. The van der Waals surface area contributed by atoms with E-state index >= 15 is 0 Å². The molecule has 4 nitrogen and oxygen atoms in total. The first-order valence-electron chi connectivity index (χ1n) is 8.82. The van der Waals surface area contributed by atoms with Crippen LogP contribution in [0.1, 0.15) is 58.4 Å². The van der Waals surface area contributed by atoms with Gasteiger partial charge in [0.15, 0.2) is 0 Å². The number of hydrogen-bond acceptors (Lipinski definition) is 3. The van der Waals surface area contributed by atoms with Gasteiger partial charge >= 0.3 is 6.09 Å². The molecule has 0 bridgehead atoms. The average Bonchev–Trinajstić information content (AvgIpc) is 2.90. The Kier molecular flexibility index (Phi) is 4.51. The van der Waals surface area contributed by atoms with Gasteiger partial charge in [0.05, 0.1) is 5.69 Å². The molecule has 1 amide bonds. The lowest BCUT2D eigenvalue weighted by Crippen LogP contribution is -2.35. The van der Waals surface area contributed by atoms with Gasteiger partial charge in [0.1, 0.15) is 5.60 Å². The van der Waals surface area contributed by atoms with Crippen LogP contribution >= 0.6 is 0 Å². The SMILES string of the molecule is CC(C)(C)OC(=O)N1CCc2cc(NC3CCCCC3)ccc21. The summed E-state index contributed by atoms with van der Waals surface area (Å²) in [6.07, 6.45) is 7.21. The van der Waals surface area contributed by atoms with E-state index in [1.165, 1.54) is 43.4 Å². The van der Waals surface area contributed by atoms with Crippen LogP contribution in [0.15, 0.2) is 18.2 Å². The van der Waals surface area contributed by atoms with E-state index in [0.717, 1.165) is 12.1 Å². The lowest BCUT2D eigenvalue weighted by molar-refractivity contribution is 0.0584. The Bertz CT molecular complexity index is 571. The van der Waals surface area contributed by atoms with Crippen LogP contribution in [0.2, 0.25) is 0 Å². The molecule has 0 spiro atoms. The molecule has 1 saturated carbocycles. The van der Waals surface area contributed by atoms with Crippen LogP contribution in [0.3, 0.4) is 0 Å². The summed E-state index contributed by atoms with van der Waals surface area (Å²) in [6, 6.07) is 6.95. The Hall–Kier alpha value is -1.71. The van der Waals surface area contributed by atoms with Crippen molar-refractivity contribution in [3.8, 4) is 0 Å². The van der Waals surface area contributed by atoms with Crippen molar-refractivity contribution in [3.63, 3.8) is 0 Å². The number of ether oxygens (including phenoxy) is 1. The van der Waals surface area contributed by atoms with Crippen LogP contribution in [0.5, 0.6) is 0 Å². The zero-order chi connectivity index (χ0) is 16.4. The summed E-state index contributed by atoms with van der Waals surface area (Å²) < 4.78 is 5.50. The van der Waals surface area contributed by atoms with Gasteiger partial charge in [-0.2, -0.15) is 0 Å². The summed E-state index contributed by atoms with van der Waals surface area (Å²) in [7, 11) is 0. The van der Waals surface area contributed by atoms with E-state index in [-0.39, 0.29) is 6.09 Å². The monoisotopic (exact) mass is 316 g/mol. The molecule has 23 heavy (non-hydrogen) atoms. The smallest absolute Gasteiger partial charge is 0.414 e. The highest BCUT2D eigenvalue weighted by molar-refractivity contribution is 5.91. The zero-order valence-electron chi connectivity index (χ0n) is 14.5. The second-order valence-corrected chi connectivity index (χ2v) is 7.70. The molecule has 4 heteroatoms. The molecule has 1 N–H and O–H groups in total. The minimum absolute atomic E-state index is 0.246. The minimum Gasteiger partial charge on any atom is -0.443 e. The zero-order valence-corrected chi connectivity index (χ0v) is 14.5.